The van der Waals surface area contributed by atoms with Crippen LogP contribution < -0.4 is 0 Å². The Morgan fingerprint density at radius 1 is 0.565 bits per heavy atom. The Bertz CT molecular complexity index is 438. The summed E-state index contributed by atoms with van der Waals surface area (Å²) in [5, 5.41) is 0. The zero-order valence-electron chi connectivity index (χ0n) is 13.1. The normalized spacial score (nSPS) is 34.6. The van der Waals surface area contributed by atoms with Crippen LogP contribution in [0.3, 0.4) is 0 Å². The summed E-state index contributed by atoms with van der Waals surface area (Å²) < 4.78 is 24.4. The molecule has 0 radical (unpaired) electrons. The van der Waals surface area contributed by atoms with E-state index >= 15 is 0 Å². The zero-order valence-corrected chi connectivity index (χ0v) is 13.1. The maximum absolute atomic E-state index is 12.1. The molecular formula is C14H18O9. The molecular weight excluding hydrogens is 312 g/mol. The summed E-state index contributed by atoms with van der Waals surface area (Å²) in [5.74, 6) is -7.08. The lowest BCUT2D eigenvalue weighted by atomic mass is 9.68. The first-order valence-corrected chi connectivity index (χ1v) is 6.89. The van der Waals surface area contributed by atoms with Crippen LogP contribution in [0.2, 0.25) is 0 Å². The molecule has 0 amide bonds. The highest BCUT2D eigenvalue weighted by atomic mass is 16.6. The second-order valence-electron chi connectivity index (χ2n) is 5.26. The molecule has 2 rings (SSSR count). The lowest BCUT2D eigenvalue weighted by molar-refractivity contribution is -0.168. The molecule has 0 spiro atoms. The maximum Gasteiger partial charge on any atom is 0.312 e. The Morgan fingerprint density at radius 3 is 0.957 bits per heavy atom. The lowest BCUT2D eigenvalue weighted by Gasteiger charge is -2.32. The Labute approximate surface area is 132 Å². The van der Waals surface area contributed by atoms with E-state index in [2.05, 4.69) is 0 Å². The SMILES string of the molecule is COC(=O)[C@@H]1C2OC([C@@H]1C(=O)OC)[C@H](C(=O)OC)[C@H]2C(=O)OC. The molecule has 128 valence electrons. The van der Waals surface area contributed by atoms with Crippen molar-refractivity contribution in [1.82, 2.24) is 0 Å². The van der Waals surface area contributed by atoms with Gasteiger partial charge in [0.15, 0.2) is 0 Å². The van der Waals surface area contributed by atoms with Crippen LogP contribution in [0.25, 0.3) is 0 Å². The highest BCUT2D eigenvalue weighted by Gasteiger charge is 2.69. The van der Waals surface area contributed by atoms with Gasteiger partial charge in [-0.3, -0.25) is 19.2 Å². The van der Waals surface area contributed by atoms with Crippen LogP contribution in [0.5, 0.6) is 0 Å². The average Bonchev–Trinajstić information content (AvgIpc) is 3.14. The first kappa shape index (κ1) is 17.2. The standard InChI is InChI=1S/C14H18O9/c1-19-11(15)5-6(12(16)20-2)10-8(14(18)22-4)7(9(5)23-10)13(17)21-3/h5-10H,1-4H3/t5-,6-,7-,8+,9?,10?/m1/s1. The number of ether oxygens (including phenoxy) is 5. The molecule has 2 unspecified atom stereocenters. The minimum absolute atomic E-state index is 0.717. The summed E-state index contributed by atoms with van der Waals surface area (Å²) in [7, 11) is 4.64. The highest BCUT2D eigenvalue weighted by Crippen LogP contribution is 2.51. The predicted octanol–water partition coefficient (Wildman–Crippen LogP) is -1.08. The van der Waals surface area contributed by atoms with Crippen LogP contribution in [-0.4, -0.2) is 64.5 Å². The monoisotopic (exact) mass is 330 g/mol. The fraction of sp³-hybridized carbons (Fsp3) is 0.714. The third kappa shape index (κ3) is 2.54. The second-order valence-corrected chi connectivity index (χ2v) is 5.26. The fourth-order valence-corrected chi connectivity index (χ4v) is 3.45. The number of hydrogen-bond acceptors (Lipinski definition) is 9. The molecule has 2 aliphatic heterocycles. The molecule has 2 saturated heterocycles. The number of carbonyl (C=O) groups is 4. The number of esters is 4. The van der Waals surface area contributed by atoms with Gasteiger partial charge >= 0.3 is 23.9 Å². The van der Waals surface area contributed by atoms with Gasteiger partial charge in [-0.1, -0.05) is 0 Å². The average molecular weight is 330 g/mol. The van der Waals surface area contributed by atoms with E-state index in [1.165, 1.54) is 0 Å². The van der Waals surface area contributed by atoms with Crippen molar-refractivity contribution < 1.29 is 42.9 Å². The Balaban J connectivity index is 2.46. The van der Waals surface area contributed by atoms with E-state index < -0.39 is 59.8 Å². The van der Waals surface area contributed by atoms with Crippen LogP contribution >= 0.6 is 0 Å². The molecule has 6 atom stereocenters. The molecule has 2 bridgehead atoms. The van der Waals surface area contributed by atoms with Crippen LogP contribution in [0, 0.1) is 23.7 Å². The molecule has 0 saturated carbocycles. The van der Waals surface area contributed by atoms with Crippen LogP contribution in [0.1, 0.15) is 0 Å². The molecule has 0 aliphatic carbocycles. The Hall–Kier alpha value is -2.16. The van der Waals surface area contributed by atoms with Gasteiger partial charge in [-0.05, 0) is 0 Å². The smallest absolute Gasteiger partial charge is 0.312 e. The van der Waals surface area contributed by atoms with E-state index in [9.17, 15) is 19.2 Å². The zero-order chi connectivity index (χ0) is 17.3. The van der Waals surface area contributed by atoms with Crippen LogP contribution in [-0.2, 0) is 42.9 Å². The predicted molar refractivity (Wildman–Crippen MR) is 70.7 cm³/mol. The van der Waals surface area contributed by atoms with E-state index in [1.54, 1.807) is 0 Å². The molecule has 0 aromatic rings. The Kier molecular flexibility index (Phi) is 4.88. The summed E-state index contributed by atoms with van der Waals surface area (Å²) in [4.78, 5) is 48.2. The maximum atomic E-state index is 12.1. The van der Waals surface area contributed by atoms with Crippen molar-refractivity contribution in [2.75, 3.05) is 28.4 Å². The number of carbonyl (C=O) groups excluding carboxylic acids is 4. The van der Waals surface area contributed by atoms with Gasteiger partial charge in [0.1, 0.15) is 0 Å². The van der Waals surface area contributed by atoms with Crippen molar-refractivity contribution in [3.63, 3.8) is 0 Å². The summed E-state index contributed by atoms with van der Waals surface area (Å²) in [6, 6.07) is 0. The van der Waals surface area contributed by atoms with Gasteiger partial charge in [-0.25, -0.2) is 0 Å². The van der Waals surface area contributed by atoms with Gasteiger partial charge in [-0.15, -0.1) is 0 Å². The molecule has 23 heavy (non-hydrogen) atoms. The van der Waals surface area contributed by atoms with E-state index in [0.717, 1.165) is 28.4 Å². The van der Waals surface area contributed by atoms with Crippen LogP contribution in [0.15, 0.2) is 0 Å². The molecule has 0 N–H and O–H groups in total. The molecule has 0 aromatic heterocycles. The van der Waals surface area contributed by atoms with Crippen molar-refractivity contribution in [2.24, 2.45) is 23.7 Å². The third-order valence-corrected chi connectivity index (χ3v) is 4.40. The van der Waals surface area contributed by atoms with Crippen molar-refractivity contribution in [2.45, 2.75) is 12.2 Å². The van der Waals surface area contributed by atoms with Gasteiger partial charge in [-0.2, -0.15) is 0 Å². The summed E-state index contributed by atoms with van der Waals surface area (Å²) >= 11 is 0. The van der Waals surface area contributed by atoms with Gasteiger partial charge in [0.05, 0.1) is 64.3 Å². The van der Waals surface area contributed by atoms with Crippen molar-refractivity contribution >= 4 is 23.9 Å². The van der Waals surface area contributed by atoms with Crippen LogP contribution in [0.4, 0.5) is 0 Å². The van der Waals surface area contributed by atoms with E-state index in [1.807, 2.05) is 0 Å². The molecule has 2 fully saturated rings. The first-order valence-electron chi connectivity index (χ1n) is 6.89. The fourth-order valence-electron chi connectivity index (χ4n) is 3.45. The highest BCUT2D eigenvalue weighted by molar-refractivity contribution is 5.90. The van der Waals surface area contributed by atoms with Gasteiger partial charge in [0.25, 0.3) is 0 Å². The summed E-state index contributed by atoms with van der Waals surface area (Å²) in [6.45, 7) is 0. The Morgan fingerprint density at radius 2 is 0.783 bits per heavy atom. The van der Waals surface area contributed by atoms with Gasteiger partial charge in [0, 0.05) is 0 Å². The molecule has 9 heteroatoms. The second kappa shape index (κ2) is 6.53. The van der Waals surface area contributed by atoms with Gasteiger partial charge in [0.2, 0.25) is 0 Å². The third-order valence-electron chi connectivity index (χ3n) is 4.40. The van der Waals surface area contributed by atoms with E-state index in [4.69, 9.17) is 23.7 Å². The quantitative estimate of drug-likeness (QED) is 0.469. The number of rotatable bonds is 4. The number of hydrogen-bond donors (Lipinski definition) is 0. The summed E-state index contributed by atoms with van der Waals surface area (Å²) in [5.41, 5.74) is 0. The molecule has 2 heterocycles. The van der Waals surface area contributed by atoms with E-state index in [-0.39, 0.29) is 0 Å². The minimum Gasteiger partial charge on any atom is -0.469 e. The van der Waals surface area contributed by atoms with Crippen molar-refractivity contribution in [3.05, 3.63) is 0 Å². The van der Waals surface area contributed by atoms with Crippen molar-refractivity contribution in [1.29, 1.82) is 0 Å². The lowest BCUT2D eigenvalue weighted by Crippen LogP contribution is -2.52. The van der Waals surface area contributed by atoms with Crippen molar-refractivity contribution in [3.8, 4) is 0 Å². The number of fused-ring (bicyclic) bond motifs is 2. The van der Waals surface area contributed by atoms with E-state index in [0.29, 0.717) is 0 Å². The topological polar surface area (TPSA) is 114 Å². The molecule has 0 aromatic carbocycles. The number of methoxy groups -OCH3 is 4. The first-order chi connectivity index (χ1) is 10.9. The summed E-state index contributed by atoms with van der Waals surface area (Å²) in [6.07, 6.45) is -2.04. The molecule has 9 nitrogen and oxygen atoms in total. The van der Waals surface area contributed by atoms with Gasteiger partial charge < -0.3 is 23.7 Å². The molecule has 2 aliphatic rings. The largest absolute Gasteiger partial charge is 0.469 e. The minimum atomic E-state index is -1.05.